The van der Waals surface area contributed by atoms with E-state index >= 15 is 0 Å². The summed E-state index contributed by atoms with van der Waals surface area (Å²) in [5, 5.41) is 3.41. The zero-order chi connectivity index (χ0) is 12.4. The average molecular weight is 304 g/mol. The fourth-order valence-electron chi connectivity index (χ4n) is 1.79. The second-order valence-electron chi connectivity index (χ2n) is 4.55. The first-order chi connectivity index (χ1) is 8.81. The Hall–Kier alpha value is -1.26. The van der Waals surface area contributed by atoms with Crippen LogP contribution in [0.2, 0.25) is 0 Å². The van der Waals surface area contributed by atoms with Crippen LogP contribution in [0.3, 0.4) is 0 Å². The molecule has 0 spiro atoms. The predicted molar refractivity (Wildman–Crippen MR) is 75.0 cm³/mol. The van der Waals surface area contributed by atoms with Gasteiger partial charge in [-0.15, -0.1) is 0 Å². The Morgan fingerprint density at radius 1 is 1.17 bits per heavy atom. The predicted octanol–water partition coefficient (Wildman–Crippen LogP) is 3.16. The molecule has 1 saturated carbocycles. The van der Waals surface area contributed by atoms with Crippen LogP contribution in [0.5, 0.6) is 0 Å². The average Bonchev–Trinajstić information content (AvgIpc) is 3.21. The smallest absolute Gasteiger partial charge is 0.141 e. The third kappa shape index (κ3) is 2.94. The van der Waals surface area contributed by atoms with E-state index in [0.717, 1.165) is 28.0 Å². The molecular weight excluding hydrogens is 290 g/mol. The van der Waals surface area contributed by atoms with Crippen molar-refractivity contribution in [2.24, 2.45) is 0 Å². The number of hydrogen-bond acceptors (Lipinski definition) is 3. The van der Waals surface area contributed by atoms with Gasteiger partial charge in [-0.25, -0.2) is 9.97 Å². The first-order valence-corrected chi connectivity index (χ1v) is 6.91. The van der Waals surface area contributed by atoms with Gasteiger partial charge in [0.05, 0.1) is 6.54 Å². The quantitative estimate of drug-likeness (QED) is 0.943. The third-order valence-electron chi connectivity index (χ3n) is 2.99. The van der Waals surface area contributed by atoms with Crippen molar-refractivity contribution in [1.82, 2.24) is 15.3 Å². The van der Waals surface area contributed by atoms with Gasteiger partial charge in [-0.05, 0) is 30.5 Å². The van der Waals surface area contributed by atoms with Crippen LogP contribution in [0, 0.1) is 0 Å². The van der Waals surface area contributed by atoms with E-state index in [4.69, 9.17) is 0 Å². The van der Waals surface area contributed by atoms with Gasteiger partial charge in [0.1, 0.15) is 5.82 Å². The molecule has 3 nitrogen and oxygen atoms in total. The summed E-state index contributed by atoms with van der Waals surface area (Å²) in [5.41, 5.74) is 2.18. The van der Waals surface area contributed by atoms with Crippen molar-refractivity contribution in [2.45, 2.75) is 25.4 Å². The van der Waals surface area contributed by atoms with Gasteiger partial charge in [0.25, 0.3) is 0 Å². The lowest BCUT2D eigenvalue weighted by Crippen LogP contribution is -2.17. The molecule has 0 saturated heterocycles. The van der Waals surface area contributed by atoms with Crippen LogP contribution < -0.4 is 5.32 Å². The van der Waals surface area contributed by atoms with E-state index < -0.39 is 0 Å². The molecule has 1 aromatic heterocycles. The summed E-state index contributed by atoms with van der Waals surface area (Å²) in [4.78, 5) is 8.79. The van der Waals surface area contributed by atoms with Crippen molar-refractivity contribution < 1.29 is 0 Å². The van der Waals surface area contributed by atoms with E-state index in [1.54, 1.807) is 0 Å². The van der Waals surface area contributed by atoms with Gasteiger partial charge in [-0.1, -0.05) is 28.1 Å². The normalized spacial score (nSPS) is 14.7. The molecule has 4 heteroatoms. The van der Waals surface area contributed by atoms with Crippen molar-refractivity contribution in [3.05, 3.63) is 47.0 Å². The SMILES string of the molecule is Brc1cccc(-c2cnc(CNC3CC3)nc2)c1. The van der Waals surface area contributed by atoms with Crippen LogP contribution in [0.25, 0.3) is 11.1 Å². The fraction of sp³-hybridized carbons (Fsp3) is 0.286. The number of halogens is 1. The fourth-order valence-corrected chi connectivity index (χ4v) is 2.19. The Balaban J connectivity index is 1.73. The largest absolute Gasteiger partial charge is 0.307 e. The molecule has 2 aromatic rings. The zero-order valence-corrected chi connectivity index (χ0v) is 11.5. The molecule has 1 aromatic carbocycles. The summed E-state index contributed by atoms with van der Waals surface area (Å²) in [7, 11) is 0. The van der Waals surface area contributed by atoms with E-state index in [9.17, 15) is 0 Å². The highest BCUT2D eigenvalue weighted by Crippen LogP contribution is 2.22. The molecule has 0 bridgehead atoms. The summed E-state index contributed by atoms with van der Waals surface area (Å²) < 4.78 is 1.07. The Kier molecular flexibility index (Phi) is 3.39. The number of benzene rings is 1. The molecule has 1 aliphatic carbocycles. The lowest BCUT2D eigenvalue weighted by Gasteiger charge is -2.04. The minimum absolute atomic E-state index is 0.693. The number of aromatic nitrogens is 2. The van der Waals surface area contributed by atoms with E-state index in [2.05, 4.69) is 43.3 Å². The van der Waals surface area contributed by atoms with Gasteiger partial charge in [0.2, 0.25) is 0 Å². The molecular formula is C14H14BrN3. The number of rotatable bonds is 4. The van der Waals surface area contributed by atoms with Crippen molar-refractivity contribution in [3.63, 3.8) is 0 Å². The third-order valence-corrected chi connectivity index (χ3v) is 3.48. The van der Waals surface area contributed by atoms with Crippen LogP contribution in [-0.4, -0.2) is 16.0 Å². The van der Waals surface area contributed by atoms with Crippen molar-refractivity contribution in [2.75, 3.05) is 0 Å². The molecule has 92 valence electrons. The van der Waals surface area contributed by atoms with Gasteiger partial charge >= 0.3 is 0 Å². The molecule has 0 aliphatic heterocycles. The molecule has 1 aliphatic rings. The van der Waals surface area contributed by atoms with Crippen LogP contribution in [0.4, 0.5) is 0 Å². The van der Waals surface area contributed by atoms with Crippen molar-refractivity contribution in [1.29, 1.82) is 0 Å². The van der Waals surface area contributed by atoms with Crippen molar-refractivity contribution >= 4 is 15.9 Å². The highest BCUT2D eigenvalue weighted by atomic mass is 79.9. The first kappa shape index (κ1) is 11.8. The van der Waals surface area contributed by atoms with E-state index in [-0.39, 0.29) is 0 Å². The van der Waals surface area contributed by atoms with E-state index in [1.807, 2.05) is 24.5 Å². The van der Waals surface area contributed by atoms with Gasteiger partial charge in [-0.2, -0.15) is 0 Å². The Morgan fingerprint density at radius 2 is 1.94 bits per heavy atom. The highest BCUT2D eigenvalue weighted by molar-refractivity contribution is 9.10. The molecule has 0 radical (unpaired) electrons. The first-order valence-electron chi connectivity index (χ1n) is 6.11. The topological polar surface area (TPSA) is 37.8 Å². The summed E-state index contributed by atoms with van der Waals surface area (Å²) in [6.07, 6.45) is 6.35. The van der Waals surface area contributed by atoms with Crippen molar-refractivity contribution in [3.8, 4) is 11.1 Å². The molecule has 3 rings (SSSR count). The minimum Gasteiger partial charge on any atom is -0.307 e. The van der Waals surface area contributed by atoms with Gasteiger partial charge in [0, 0.05) is 28.5 Å². The second kappa shape index (κ2) is 5.16. The van der Waals surface area contributed by atoms with Crippen LogP contribution in [-0.2, 0) is 6.54 Å². The number of hydrogen-bond donors (Lipinski definition) is 1. The summed E-state index contributed by atoms with van der Waals surface area (Å²) in [6.45, 7) is 0.767. The highest BCUT2D eigenvalue weighted by Gasteiger charge is 2.20. The van der Waals surface area contributed by atoms with E-state index in [0.29, 0.717) is 6.04 Å². The summed E-state index contributed by atoms with van der Waals surface area (Å²) in [6, 6.07) is 8.85. The zero-order valence-electron chi connectivity index (χ0n) is 9.94. The maximum absolute atomic E-state index is 4.40. The summed E-state index contributed by atoms with van der Waals surface area (Å²) in [5.74, 6) is 0.862. The molecule has 18 heavy (non-hydrogen) atoms. The maximum Gasteiger partial charge on any atom is 0.141 e. The van der Waals surface area contributed by atoms with Crippen LogP contribution >= 0.6 is 15.9 Å². The minimum atomic E-state index is 0.693. The number of nitrogens with zero attached hydrogens (tertiary/aromatic N) is 2. The second-order valence-corrected chi connectivity index (χ2v) is 5.47. The molecule has 1 N–H and O–H groups in total. The van der Waals surface area contributed by atoms with Crippen LogP contribution in [0.1, 0.15) is 18.7 Å². The maximum atomic E-state index is 4.40. The number of nitrogens with one attached hydrogen (secondary N) is 1. The lowest BCUT2D eigenvalue weighted by molar-refractivity contribution is 0.658. The molecule has 0 unspecified atom stereocenters. The van der Waals surface area contributed by atoms with E-state index in [1.165, 1.54) is 12.8 Å². The van der Waals surface area contributed by atoms with Gasteiger partial charge in [-0.3, -0.25) is 0 Å². The van der Waals surface area contributed by atoms with Gasteiger partial charge in [0.15, 0.2) is 0 Å². The molecule has 1 heterocycles. The lowest BCUT2D eigenvalue weighted by atomic mass is 10.1. The molecule has 0 atom stereocenters. The summed E-state index contributed by atoms with van der Waals surface area (Å²) >= 11 is 3.47. The Labute approximate surface area is 115 Å². The molecule has 1 fully saturated rings. The van der Waals surface area contributed by atoms with Gasteiger partial charge < -0.3 is 5.32 Å². The monoisotopic (exact) mass is 303 g/mol. The Bertz CT molecular complexity index is 535. The Morgan fingerprint density at radius 3 is 2.61 bits per heavy atom. The van der Waals surface area contributed by atoms with Crippen LogP contribution in [0.15, 0.2) is 41.1 Å². The molecule has 0 amide bonds. The standard InChI is InChI=1S/C14H14BrN3/c15-12-3-1-2-10(6-12)11-7-17-14(18-8-11)9-16-13-4-5-13/h1-3,6-8,13,16H,4-5,9H2.